The number of hydrogen-bond acceptors (Lipinski definition) is 4. The zero-order chi connectivity index (χ0) is 18.4. The lowest BCUT2D eigenvalue weighted by atomic mass is 10.1. The SMILES string of the molecule is CCCCc1ccc(NC(=O)Cn2nnc(-c3ccc(Br)cc3)n2)cc1. The maximum absolute atomic E-state index is 12.2. The van der Waals surface area contributed by atoms with E-state index in [2.05, 4.69) is 43.6 Å². The van der Waals surface area contributed by atoms with Gasteiger partial charge in [0.25, 0.3) is 0 Å². The van der Waals surface area contributed by atoms with Gasteiger partial charge < -0.3 is 5.32 Å². The second kappa shape index (κ2) is 8.71. The van der Waals surface area contributed by atoms with Crippen molar-refractivity contribution < 1.29 is 4.79 Å². The van der Waals surface area contributed by atoms with Crippen LogP contribution in [0, 0.1) is 0 Å². The molecule has 1 N–H and O–H groups in total. The van der Waals surface area contributed by atoms with Crippen molar-refractivity contribution in [3.63, 3.8) is 0 Å². The summed E-state index contributed by atoms with van der Waals surface area (Å²) in [7, 11) is 0. The van der Waals surface area contributed by atoms with E-state index in [0.29, 0.717) is 5.82 Å². The van der Waals surface area contributed by atoms with Gasteiger partial charge in [-0.1, -0.05) is 41.4 Å². The van der Waals surface area contributed by atoms with Crippen molar-refractivity contribution in [3.8, 4) is 11.4 Å². The fraction of sp³-hybridized carbons (Fsp3) is 0.263. The first-order chi connectivity index (χ1) is 12.6. The first kappa shape index (κ1) is 18.3. The molecule has 7 heteroatoms. The lowest BCUT2D eigenvalue weighted by molar-refractivity contribution is -0.117. The van der Waals surface area contributed by atoms with Gasteiger partial charge in [0, 0.05) is 15.7 Å². The highest BCUT2D eigenvalue weighted by atomic mass is 79.9. The molecule has 0 unspecified atom stereocenters. The van der Waals surface area contributed by atoms with Crippen LogP contribution in [-0.4, -0.2) is 26.1 Å². The Morgan fingerprint density at radius 3 is 2.54 bits per heavy atom. The minimum atomic E-state index is -0.189. The highest BCUT2D eigenvalue weighted by Gasteiger charge is 2.09. The van der Waals surface area contributed by atoms with Gasteiger partial charge in [0.1, 0.15) is 6.54 Å². The number of amides is 1. The Morgan fingerprint density at radius 2 is 1.85 bits per heavy atom. The minimum Gasteiger partial charge on any atom is -0.324 e. The van der Waals surface area contributed by atoms with Gasteiger partial charge in [-0.05, 0) is 60.0 Å². The van der Waals surface area contributed by atoms with Gasteiger partial charge in [-0.15, -0.1) is 10.2 Å². The number of benzene rings is 2. The van der Waals surface area contributed by atoms with Crippen LogP contribution in [0.15, 0.2) is 53.0 Å². The molecule has 26 heavy (non-hydrogen) atoms. The summed E-state index contributed by atoms with van der Waals surface area (Å²) < 4.78 is 0.980. The highest BCUT2D eigenvalue weighted by Crippen LogP contribution is 2.17. The fourth-order valence-corrected chi connectivity index (χ4v) is 2.75. The van der Waals surface area contributed by atoms with Gasteiger partial charge in [-0.3, -0.25) is 4.79 Å². The van der Waals surface area contributed by atoms with E-state index in [1.54, 1.807) is 0 Å². The van der Waals surface area contributed by atoms with Crippen LogP contribution in [0.5, 0.6) is 0 Å². The maximum Gasteiger partial charge on any atom is 0.248 e. The summed E-state index contributed by atoms with van der Waals surface area (Å²) in [6, 6.07) is 15.5. The molecular formula is C19H20BrN5O. The Bertz CT molecular complexity index is 858. The summed E-state index contributed by atoms with van der Waals surface area (Å²) in [5.74, 6) is 0.302. The highest BCUT2D eigenvalue weighted by molar-refractivity contribution is 9.10. The van der Waals surface area contributed by atoms with Gasteiger partial charge in [0.05, 0.1) is 0 Å². The van der Waals surface area contributed by atoms with Crippen molar-refractivity contribution in [2.24, 2.45) is 0 Å². The lowest BCUT2D eigenvalue weighted by Gasteiger charge is -2.06. The van der Waals surface area contributed by atoms with E-state index in [0.717, 1.165) is 22.1 Å². The van der Waals surface area contributed by atoms with Crippen LogP contribution >= 0.6 is 15.9 Å². The second-order valence-electron chi connectivity index (χ2n) is 6.00. The zero-order valence-corrected chi connectivity index (χ0v) is 16.1. The third kappa shape index (κ3) is 4.98. The molecule has 0 saturated carbocycles. The molecule has 0 aliphatic heterocycles. The topological polar surface area (TPSA) is 72.7 Å². The van der Waals surface area contributed by atoms with Crippen LogP contribution in [0.3, 0.4) is 0 Å². The van der Waals surface area contributed by atoms with E-state index in [1.165, 1.54) is 23.2 Å². The second-order valence-corrected chi connectivity index (χ2v) is 6.91. The molecule has 0 saturated heterocycles. The van der Waals surface area contributed by atoms with Crippen LogP contribution in [0.2, 0.25) is 0 Å². The number of unbranched alkanes of at least 4 members (excludes halogenated alkanes) is 1. The van der Waals surface area contributed by atoms with Crippen molar-refractivity contribution in [2.45, 2.75) is 32.7 Å². The fourth-order valence-electron chi connectivity index (χ4n) is 2.49. The molecular weight excluding hydrogens is 394 g/mol. The smallest absolute Gasteiger partial charge is 0.248 e. The number of anilines is 1. The molecule has 3 rings (SSSR count). The Kier molecular flexibility index (Phi) is 6.12. The Balaban J connectivity index is 1.57. The standard InChI is InChI=1S/C19H20BrN5O/c1-2-3-4-14-5-11-17(12-6-14)21-18(26)13-25-23-19(22-24-25)15-7-9-16(20)10-8-15/h5-12H,2-4,13H2,1H3,(H,21,26). The summed E-state index contributed by atoms with van der Waals surface area (Å²) in [6.07, 6.45) is 3.41. The summed E-state index contributed by atoms with van der Waals surface area (Å²) in [5, 5.41) is 15.1. The maximum atomic E-state index is 12.2. The average molecular weight is 414 g/mol. The number of rotatable bonds is 7. The first-order valence-electron chi connectivity index (χ1n) is 8.56. The number of aromatic nitrogens is 4. The van der Waals surface area contributed by atoms with E-state index in [-0.39, 0.29) is 12.5 Å². The molecule has 1 amide bonds. The molecule has 0 atom stereocenters. The molecule has 0 aliphatic carbocycles. The normalized spacial score (nSPS) is 10.7. The Labute approximate surface area is 160 Å². The largest absolute Gasteiger partial charge is 0.324 e. The monoisotopic (exact) mass is 413 g/mol. The average Bonchev–Trinajstić information content (AvgIpc) is 3.10. The predicted octanol–water partition coefficient (Wildman–Crippen LogP) is 4.08. The van der Waals surface area contributed by atoms with Gasteiger partial charge in [-0.2, -0.15) is 4.80 Å². The number of halogens is 1. The predicted molar refractivity (Wildman–Crippen MR) is 105 cm³/mol. The molecule has 0 bridgehead atoms. The molecule has 0 spiro atoms. The number of nitrogens with one attached hydrogen (secondary N) is 1. The molecule has 0 fully saturated rings. The quantitative estimate of drug-likeness (QED) is 0.632. The van der Waals surface area contributed by atoms with Gasteiger partial charge in [0.2, 0.25) is 11.7 Å². The third-order valence-corrected chi connectivity index (χ3v) is 4.43. The summed E-state index contributed by atoms with van der Waals surface area (Å²) in [6.45, 7) is 2.19. The third-order valence-electron chi connectivity index (χ3n) is 3.90. The van der Waals surface area contributed by atoms with E-state index in [1.807, 2.05) is 48.5 Å². The molecule has 6 nitrogen and oxygen atoms in total. The van der Waals surface area contributed by atoms with Gasteiger partial charge in [-0.25, -0.2) is 0 Å². The van der Waals surface area contributed by atoms with E-state index >= 15 is 0 Å². The van der Waals surface area contributed by atoms with E-state index in [4.69, 9.17) is 0 Å². The van der Waals surface area contributed by atoms with Gasteiger partial charge in [0.15, 0.2) is 0 Å². The van der Waals surface area contributed by atoms with Crippen LogP contribution in [0.1, 0.15) is 25.3 Å². The van der Waals surface area contributed by atoms with E-state index in [9.17, 15) is 4.79 Å². The van der Waals surface area contributed by atoms with Crippen LogP contribution in [0.25, 0.3) is 11.4 Å². The first-order valence-corrected chi connectivity index (χ1v) is 9.36. The number of carbonyl (C=O) groups excluding carboxylic acids is 1. The molecule has 134 valence electrons. The van der Waals surface area contributed by atoms with Crippen molar-refractivity contribution >= 4 is 27.5 Å². The van der Waals surface area contributed by atoms with Crippen LogP contribution in [-0.2, 0) is 17.8 Å². The Morgan fingerprint density at radius 1 is 1.12 bits per heavy atom. The lowest BCUT2D eigenvalue weighted by Crippen LogP contribution is -2.20. The summed E-state index contributed by atoms with van der Waals surface area (Å²) >= 11 is 3.39. The number of nitrogens with zero attached hydrogens (tertiary/aromatic N) is 4. The van der Waals surface area contributed by atoms with Crippen molar-refractivity contribution in [2.75, 3.05) is 5.32 Å². The zero-order valence-electron chi connectivity index (χ0n) is 14.5. The molecule has 1 heterocycles. The van der Waals surface area contributed by atoms with Crippen molar-refractivity contribution in [1.29, 1.82) is 0 Å². The van der Waals surface area contributed by atoms with Crippen LogP contribution in [0.4, 0.5) is 5.69 Å². The number of hydrogen-bond donors (Lipinski definition) is 1. The Hall–Kier alpha value is -2.54. The number of tetrazole rings is 1. The summed E-state index contributed by atoms with van der Waals surface area (Å²) in [5.41, 5.74) is 2.90. The molecule has 1 aromatic heterocycles. The van der Waals surface area contributed by atoms with E-state index < -0.39 is 0 Å². The summed E-state index contributed by atoms with van der Waals surface area (Å²) in [4.78, 5) is 13.5. The number of aryl methyl sites for hydroxylation is 1. The molecule has 3 aromatic rings. The molecule has 2 aromatic carbocycles. The number of carbonyl (C=O) groups is 1. The minimum absolute atomic E-state index is 0.0150. The van der Waals surface area contributed by atoms with Crippen molar-refractivity contribution in [3.05, 3.63) is 58.6 Å². The van der Waals surface area contributed by atoms with Crippen LogP contribution < -0.4 is 5.32 Å². The van der Waals surface area contributed by atoms with Gasteiger partial charge >= 0.3 is 0 Å². The molecule has 0 radical (unpaired) electrons. The molecule has 0 aliphatic rings. The van der Waals surface area contributed by atoms with Crippen molar-refractivity contribution in [1.82, 2.24) is 20.2 Å².